The molecule has 1 aromatic rings. The van der Waals surface area contributed by atoms with Crippen LogP contribution in [0.4, 0.5) is 18.9 Å². The molecular weight excluding hydrogens is 373 g/mol. The van der Waals surface area contributed by atoms with Crippen LogP contribution in [-0.2, 0) is 14.4 Å². The van der Waals surface area contributed by atoms with Gasteiger partial charge >= 0.3 is 12.1 Å². The van der Waals surface area contributed by atoms with Gasteiger partial charge < -0.3 is 0 Å². The van der Waals surface area contributed by atoms with E-state index in [0.29, 0.717) is 16.7 Å². The van der Waals surface area contributed by atoms with Crippen LogP contribution in [0.15, 0.2) is 42.5 Å². The Morgan fingerprint density at radius 2 is 1.54 bits per heavy atom. The molecule has 1 aromatic carbocycles. The molecule has 146 valence electrons. The highest BCUT2D eigenvalue weighted by molar-refractivity contribution is 6.07. The van der Waals surface area contributed by atoms with Crippen molar-refractivity contribution in [3.05, 3.63) is 42.5 Å². The number of rotatable bonds is 3. The van der Waals surface area contributed by atoms with Gasteiger partial charge in [0.25, 0.3) is 0 Å². The van der Waals surface area contributed by atoms with Crippen molar-refractivity contribution in [2.24, 2.45) is 35.5 Å². The van der Waals surface area contributed by atoms with Crippen LogP contribution in [0.1, 0.15) is 6.42 Å². The first-order valence-corrected chi connectivity index (χ1v) is 9.26. The van der Waals surface area contributed by atoms with Crippen LogP contribution in [0.25, 0.3) is 0 Å². The molecule has 6 rings (SSSR count). The van der Waals surface area contributed by atoms with Crippen LogP contribution in [0.3, 0.4) is 0 Å². The molecule has 0 aromatic heterocycles. The summed E-state index contributed by atoms with van der Waals surface area (Å²) in [5.41, 5.74) is -0.00996. The second kappa shape index (κ2) is 5.68. The summed E-state index contributed by atoms with van der Waals surface area (Å²) in [6, 6.07) is 7.30. The first-order valence-electron chi connectivity index (χ1n) is 9.26. The minimum Gasteiger partial charge on any atom is -0.286 e. The maximum atomic E-state index is 13.2. The summed E-state index contributed by atoms with van der Waals surface area (Å²) in [5.74, 6) is -3.29. The Bertz CT molecular complexity index is 862. The highest BCUT2D eigenvalue weighted by Crippen LogP contribution is 2.65. The predicted octanol–water partition coefficient (Wildman–Crippen LogP) is 2.59. The second-order valence-electron chi connectivity index (χ2n) is 7.97. The molecular formula is C20H17F3N2O3. The number of para-hydroxylation sites is 1. The largest absolute Gasteiger partial charge is 0.471 e. The Balaban J connectivity index is 1.46. The summed E-state index contributed by atoms with van der Waals surface area (Å²) in [6.45, 7) is -0.720. The molecule has 3 amide bonds. The van der Waals surface area contributed by atoms with Crippen molar-refractivity contribution >= 4 is 23.4 Å². The number of amides is 3. The van der Waals surface area contributed by atoms with Crippen molar-refractivity contribution in [1.82, 2.24) is 4.90 Å². The lowest BCUT2D eigenvalue weighted by Crippen LogP contribution is -2.49. The molecule has 0 unspecified atom stereocenters. The van der Waals surface area contributed by atoms with Crippen molar-refractivity contribution in [2.45, 2.75) is 12.6 Å². The highest BCUT2D eigenvalue weighted by Gasteiger charge is 2.67. The maximum absolute atomic E-state index is 13.2. The predicted molar refractivity (Wildman–Crippen MR) is 91.4 cm³/mol. The number of anilines is 1. The number of hydrogen-bond donors (Lipinski definition) is 0. The molecule has 1 saturated heterocycles. The molecule has 5 nitrogen and oxygen atoms in total. The van der Waals surface area contributed by atoms with E-state index in [1.54, 1.807) is 6.07 Å². The van der Waals surface area contributed by atoms with Crippen molar-refractivity contribution in [2.75, 3.05) is 11.6 Å². The Kier molecular flexibility index (Phi) is 3.54. The van der Waals surface area contributed by atoms with Gasteiger partial charge in [-0.05, 0) is 42.2 Å². The van der Waals surface area contributed by atoms with E-state index in [1.807, 2.05) is 12.2 Å². The normalized spacial score (nSPS) is 35.0. The van der Waals surface area contributed by atoms with Crippen molar-refractivity contribution in [3.8, 4) is 0 Å². The minimum absolute atomic E-state index is 0.00996. The number of benzene rings is 1. The second-order valence-corrected chi connectivity index (χ2v) is 7.97. The third kappa shape index (κ3) is 2.36. The molecule has 2 bridgehead atoms. The molecule has 0 N–H and O–H groups in total. The van der Waals surface area contributed by atoms with Crippen LogP contribution in [0.2, 0.25) is 0 Å². The topological polar surface area (TPSA) is 57.7 Å². The van der Waals surface area contributed by atoms with Crippen molar-refractivity contribution in [3.63, 3.8) is 0 Å². The molecule has 4 aliphatic carbocycles. The standard InChI is InChI=1S/C20H17F3N2O3/c21-20(22,23)19(28)24(10-4-2-1-3-5-10)9-25-17(26)15-11-6-7-12(14-8-13(11)14)16(15)18(25)27/h1-7,11-16H,8-9H2/t11-,12-,13-,14-,15-,16+/m1/s1. The lowest BCUT2D eigenvalue weighted by Gasteiger charge is -2.37. The van der Waals surface area contributed by atoms with Crippen LogP contribution in [0, 0.1) is 35.5 Å². The van der Waals surface area contributed by atoms with E-state index in [9.17, 15) is 27.6 Å². The van der Waals surface area contributed by atoms with E-state index in [2.05, 4.69) is 0 Å². The summed E-state index contributed by atoms with van der Waals surface area (Å²) in [7, 11) is 0. The van der Waals surface area contributed by atoms with Crippen molar-refractivity contribution < 1.29 is 27.6 Å². The SMILES string of the molecule is O=C1[C@@H]2[C@@H]3C=C[C@H]([C@H]4C[C@H]34)[C@@H]2C(=O)N1CN(C(=O)C(F)(F)F)c1ccccc1. The number of hydrogen-bond acceptors (Lipinski definition) is 3. The monoisotopic (exact) mass is 390 g/mol. The third-order valence-corrected chi connectivity index (χ3v) is 6.59. The quantitative estimate of drug-likeness (QED) is 0.589. The van der Waals surface area contributed by atoms with E-state index in [1.165, 1.54) is 24.3 Å². The summed E-state index contributed by atoms with van der Waals surface area (Å²) in [5, 5.41) is 0. The first kappa shape index (κ1) is 17.5. The van der Waals surface area contributed by atoms with E-state index in [0.717, 1.165) is 11.3 Å². The van der Waals surface area contributed by atoms with Gasteiger partial charge in [-0.15, -0.1) is 0 Å². The molecule has 28 heavy (non-hydrogen) atoms. The zero-order chi connectivity index (χ0) is 19.8. The summed E-state index contributed by atoms with van der Waals surface area (Å²) in [4.78, 5) is 39.3. The highest BCUT2D eigenvalue weighted by atomic mass is 19.4. The molecule has 5 aliphatic rings. The van der Waals surface area contributed by atoms with Crippen LogP contribution < -0.4 is 4.90 Å². The van der Waals surface area contributed by atoms with Gasteiger partial charge in [0.05, 0.1) is 11.8 Å². The smallest absolute Gasteiger partial charge is 0.286 e. The van der Waals surface area contributed by atoms with Gasteiger partial charge in [0.1, 0.15) is 6.67 Å². The summed E-state index contributed by atoms with van der Waals surface area (Å²) < 4.78 is 39.5. The first-order chi connectivity index (χ1) is 13.3. The average molecular weight is 390 g/mol. The lowest BCUT2D eigenvalue weighted by atomic mass is 9.63. The molecule has 8 heteroatoms. The number of halogens is 3. The number of carbonyl (C=O) groups excluding carboxylic acids is 3. The minimum atomic E-state index is -5.11. The average Bonchev–Trinajstić information content (AvgIpc) is 3.45. The molecule has 3 fully saturated rings. The van der Waals surface area contributed by atoms with Gasteiger partial charge in [-0.2, -0.15) is 13.2 Å². The van der Waals surface area contributed by atoms with E-state index < -0.39 is 42.4 Å². The van der Waals surface area contributed by atoms with Gasteiger partial charge in [0.15, 0.2) is 0 Å². The molecule has 0 spiro atoms. The molecule has 6 atom stereocenters. The van der Waals surface area contributed by atoms with Crippen molar-refractivity contribution in [1.29, 1.82) is 0 Å². The fraction of sp³-hybridized carbons (Fsp3) is 0.450. The van der Waals surface area contributed by atoms with Crippen LogP contribution in [-0.4, -0.2) is 35.5 Å². The summed E-state index contributed by atoms with van der Waals surface area (Å²) >= 11 is 0. The number of allylic oxidation sites excluding steroid dienone is 2. The lowest BCUT2D eigenvalue weighted by molar-refractivity contribution is -0.171. The summed E-state index contributed by atoms with van der Waals surface area (Å²) in [6.07, 6.45) is -0.135. The van der Waals surface area contributed by atoms with Gasteiger partial charge in [0.2, 0.25) is 11.8 Å². The number of carbonyl (C=O) groups is 3. The number of nitrogens with zero attached hydrogens (tertiary/aromatic N) is 2. The van der Waals surface area contributed by atoms with E-state index in [-0.39, 0.29) is 17.5 Å². The number of imide groups is 1. The third-order valence-electron chi connectivity index (χ3n) is 6.59. The number of alkyl halides is 3. The Hall–Kier alpha value is -2.64. The molecule has 2 saturated carbocycles. The fourth-order valence-electron chi connectivity index (χ4n) is 5.32. The van der Waals surface area contributed by atoms with Gasteiger partial charge in [-0.1, -0.05) is 30.4 Å². The van der Waals surface area contributed by atoms with E-state index in [4.69, 9.17) is 0 Å². The van der Waals surface area contributed by atoms with Gasteiger partial charge in [-0.25, -0.2) is 0 Å². The van der Waals surface area contributed by atoms with Crippen LogP contribution >= 0.6 is 0 Å². The van der Waals surface area contributed by atoms with Gasteiger partial charge in [0, 0.05) is 5.69 Å². The maximum Gasteiger partial charge on any atom is 0.471 e. The Labute approximate surface area is 158 Å². The van der Waals surface area contributed by atoms with Crippen LogP contribution in [0.5, 0.6) is 0 Å². The molecule has 1 heterocycles. The Morgan fingerprint density at radius 3 is 2.04 bits per heavy atom. The Morgan fingerprint density at radius 1 is 1.00 bits per heavy atom. The zero-order valence-electron chi connectivity index (χ0n) is 14.7. The zero-order valence-corrected chi connectivity index (χ0v) is 14.7. The molecule has 0 radical (unpaired) electrons. The molecule has 1 aliphatic heterocycles. The number of likely N-dealkylation sites (tertiary alicyclic amines) is 1. The van der Waals surface area contributed by atoms with Gasteiger partial charge in [-0.3, -0.25) is 24.2 Å². The fourth-order valence-corrected chi connectivity index (χ4v) is 5.32. The van der Waals surface area contributed by atoms with E-state index >= 15 is 0 Å².